The summed E-state index contributed by atoms with van der Waals surface area (Å²) in [7, 11) is 1.70. The van der Waals surface area contributed by atoms with Crippen molar-refractivity contribution >= 4 is 0 Å². The number of hydrogen-bond acceptors (Lipinski definition) is 2. The molecule has 2 heteroatoms. The smallest absolute Gasteiger partial charge is 0.0373 e. The molecule has 21 heavy (non-hydrogen) atoms. The number of allylic oxidation sites excluding steroid dienone is 1. The van der Waals surface area contributed by atoms with Crippen molar-refractivity contribution in [1.29, 1.82) is 0 Å². The van der Waals surface area contributed by atoms with E-state index in [1.54, 1.807) is 7.05 Å². The molecule has 0 radical (unpaired) electrons. The van der Waals surface area contributed by atoms with E-state index in [2.05, 4.69) is 55.1 Å². The molecule has 2 nitrogen and oxygen atoms in total. The maximum atomic E-state index is 9.92. The van der Waals surface area contributed by atoms with Gasteiger partial charge >= 0.3 is 0 Å². The van der Waals surface area contributed by atoms with Crippen molar-refractivity contribution in [3.8, 4) is 0 Å². The van der Waals surface area contributed by atoms with E-state index in [9.17, 15) is 5.21 Å². The van der Waals surface area contributed by atoms with Crippen molar-refractivity contribution in [2.75, 3.05) is 13.6 Å². The monoisotopic (exact) mass is 281 g/mol. The third-order valence-corrected chi connectivity index (χ3v) is 3.93. The van der Waals surface area contributed by atoms with E-state index in [0.29, 0.717) is 6.54 Å². The van der Waals surface area contributed by atoms with Gasteiger partial charge in [0, 0.05) is 19.0 Å². The molecule has 0 aliphatic heterocycles. The van der Waals surface area contributed by atoms with Gasteiger partial charge in [-0.3, -0.25) is 0 Å². The lowest BCUT2D eigenvalue weighted by Gasteiger charge is -2.36. The van der Waals surface area contributed by atoms with E-state index in [1.807, 2.05) is 18.2 Å². The van der Waals surface area contributed by atoms with Gasteiger partial charge in [0.2, 0.25) is 0 Å². The second kappa shape index (κ2) is 7.21. The van der Waals surface area contributed by atoms with Crippen molar-refractivity contribution in [1.82, 2.24) is 5.06 Å². The molecule has 2 aromatic rings. The van der Waals surface area contributed by atoms with Crippen LogP contribution in [0.4, 0.5) is 0 Å². The van der Waals surface area contributed by atoms with E-state index in [1.165, 1.54) is 16.2 Å². The van der Waals surface area contributed by atoms with Gasteiger partial charge in [-0.05, 0) is 24.0 Å². The molecule has 110 valence electrons. The average Bonchev–Trinajstić information content (AvgIpc) is 2.53. The first-order valence-electron chi connectivity index (χ1n) is 7.31. The average molecular weight is 281 g/mol. The lowest BCUT2D eigenvalue weighted by Crippen LogP contribution is -2.39. The highest BCUT2D eigenvalue weighted by Crippen LogP contribution is 2.37. The van der Waals surface area contributed by atoms with Gasteiger partial charge < -0.3 is 5.21 Å². The predicted octanol–water partition coefficient (Wildman–Crippen LogP) is 4.26. The molecule has 0 aliphatic rings. The van der Waals surface area contributed by atoms with E-state index in [0.717, 1.165) is 12.8 Å². The molecule has 0 unspecified atom stereocenters. The quantitative estimate of drug-likeness (QED) is 0.605. The minimum Gasteiger partial charge on any atom is -0.314 e. The van der Waals surface area contributed by atoms with Crippen molar-refractivity contribution in [3.63, 3.8) is 0 Å². The van der Waals surface area contributed by atoms with Crippen LogP contribution < -0.4 is 0 Å². The second-order valence-electron chi connectivity index (χ2n) is 5.46. The van der Waals surface area contributed by atoms with Gasteiger partial charge in [0.15, 0.2) is 0 Å². The van der Waals surface area contributed by atoms with Gasteiger partial charge in [0.05, 0.1) is 0 Å². The molecule has 0 fully saturated rings. The van der Waals surface area contributed by atoms with E-state index in [-0.39, 0.29) is 5.41 Å². The summed E-state index contributed by atoms with van der Waals surface area (Å²) >= 11 is 0. The summed E-state index contributed by atoms with van der Waals surface area (Å²) in [5.74, 6) is 0. The van der Waals surface area contributed by atoms with Gasteiger partial charge in [0.1, 0.15) is 0 Å². The summed E-state index contributed by atoms with van der Waals surface area (Å²) in [6.07, 6.45) is 3.76. The van der Waals surface area contributed by atoms with Crippen molar-refractivity contribution < 1.29 is 5.21 Å². The molecule has 0 atom stereocenters. The summed E-state index contributed by atoms with van der Waals surface area (Å²) in [5, 5.41) is 11.2. The Kier molecular flexibility index (Phi) is 5.32. The van der Waals surface area contributed by atoms with Crippen LogP contribution in [0.1, 0.15) is 24.0 Å². The van der Waals surface area contributed by atoms with Crippen molar-refractivity contribution in [2.24, 2.45) is 0 Å². The van der Waals surface area contributed by atoms with Crippen LogP contribution in [0, 0.1) is 0 Å². The first-order valence-corrected chi connectivity index (χ1v) is 7.31. The van der Waals surface area contributed by atoms with Crippen LogP contribution >= 0.6 is 0 Å². The summed E-state index contributed by atoms with van der Waals surface area (Å²) in [6.45, 7) is 4.40. The maximum absolute atomic E-state index is 9.92. The Hall–Kier alpha value is -1.90. The minimum absolute atomic E-state index is 0.236. The number of rotatable bonds is 7. The Morgan fingerprint density at radius 2 is 1.48 bits per heavy atom. The standard InChI is InChI=1S/C19H23NO/c1-3-4-15-19(16-20(2)21,17-11-7-5-8-12-17)18-13-9-6-10-14-18/h3,5-14,21H,1,4,15-16H2,2H3. The molecular formula is C19H23NO. The minimum atomic E-state index is -0.236. The molecule has 0 spiro atoms. The molecule has 2 aromatic carbocycles. The zero-order valence-electron chi connectivity index (χ0n) is 12.6. The topological polar surface area (TPSA) is 23.5 Å². The maximum Gasteiger partial charge on any atom is 0.0373 e. The molecule has 0 saturated carbocycles. The van der Waals surface area contributed by atoms with Crippen molar-refractivity contribution in [2.45, 2.75) is 18.3 Å². The summed E-state index contributed by atoms with van der Waals surface area (Å²) in [6, 6.07) is 20.8. The SMILES string of the molecule is C=CCCC(CN(C)O)(c1ccccc1)c1ccccc1. The third kappa shape index (κ3) is 3.60. The number of hydrogen-bond donors (Lipinski definition) is 1. The first-order chi connectivity index (χ1) is 10.2. The lowest BCUT2D eigenvalue weighted by molar-refractivity contribution is -0.0779. The molecule has 0 aliphatic carbocycles. The molecule has 2 rings (SSSR count). The largest absolute Gasteiger partial charge is 0.314 e. The van der Waals surface area contributed by atoms with Crippen LogP contribution in [0.15, 0.2) is 73.3 Å². The number of nitrogens with zero attached hydrogens (tertiary/aromatic N) is 1. The summed E-state index contributed by atoms with van der Waals surface area (Å²) < 4.78 is 0. The van der Waals surface area contributed by atoms with Crippen LogP contribution in [0.5, 0.6) is 0 Å². The molecule has 1 N–H and O–H groups in total. The number of hydroxylamine groups is 2. The fourth-order valence-electron chi connectivity index (χ4n) is 2.97. The highest BCUT2D eigenvalue weighted by Gasteiger charge is 2.34. The normalized spacial score (nSPS) is 11.6. The Balaban J connectivity index is 2.56. The lowest BCUT2D eigenvalue weighted by atomic mass is 9.71. The zero-order valence-corrected chi connectivity index (χ0v) is 12.6. The van der Waals surface area contributed by atoms with Gasteiger partial charge in [-0.2, -0.15) is 5.06 Å². The third-order valence-electron chi connectivity index (χ3n) is 3.93. The highest BCUT2D eigenvalue weighted by atomic mass is 16.5. The van der Waals surface area contributed by atoms with E-state index < -0.39 is 0 Å². The Labute approximate surface area is 127 Å². The highest BCUT2D eigenvalue weighted by molar-refractivity contribution is 5.40. The fourth-order valence-corrected chi connectivity index (χ4v) is 2.97. The van der Waals surface area contributed by atoms with Crippen LogP contribution in [0.25, 0.3) is 0 Å². The van der Waals surface area contributed by atoms with Gasteiger partial charge in [-0.15, -0.1) is 6.58 Å². The molecule has 0 heterocycles. The fraction of sp³-hybridized carbons (Fsp3) is 0.263. The Morgan fingerprint density at radius 3 is 1.86 bits per heavy atom. The van der Waals surface area contributed by atoms with Gasteiger partial charge in [0.25, 0.3) is 0 Å². The molecule has 0 bridgehead atoms. The van der Waals surface area contributed by atoms with Crippen LogP contribution in [-0.2, 0) is 5.41 Å². The van der Waals surface area contributed by atoms with E-state index in [4.69, 9.17) is 0 Å². The molecule has 0 aromatic heterocycles. The first kappa shape index (κ1) is 15.5. The number of likely N-dealkylation sites (N-methyl/N-ethyl adjacent to an activating group) is 1. The van der Waals surface area contributed by atoms with Gasteiger partial charge in [-0.1, -0.05) is 66.7 Å². The van der Waals surface area contributed by atoms with Crippen molar-refractivity contribution in [3.05, 3.63) is 84.4 Å². The van der Waals surface area contributed by atoms with Crippen LogP contribution in [-0.4, -0.2) is 23.9 Å². The Bertz CT molecular complexity index is 509. The number of benzene rings is 2. The molecular weight excluding hydrogens is 258 g/mol. The second-order valence-corrected chi connectivity index (χ2v) is 5.46. The Morgan fingerprint density at radius 1 is 1.00 bits per heavy atom. The van der Waals surface area contributed by atoms with Crippen LogP contribution in [0.2, 0.25) is 0 Å². The predicted molar refractivity (Wildman–Crippen MR) is 87.5 cm³/mol. The molecule has 0 saturated heterocycles. The summed E-state index contributed by atoms with van der Waals surface area (Å²) in [4.78, 5) is 0. The van der Waals surface area contributed by atoms with Gasteiger partial charge in [-0.25, -0.2) is 0 Å². The zero-order chi connectivity index (χ0) is 15.1. The van der Waals surface area contributed by atoms with Crippen LogP contribution in [0.3, 0.4) is 0 Å². The van der Waals surface area contributed by atoms with E-state index >= 15 is 0 Å². The summed E-state index contributed by atoms with van der Waals surface area (Å²) in [5.41, 5.74) is 2.21. The molecule has 0 amide bonds.